The molecule has 1 aromatic carbocycles. The number of piperidine rings is 1. The van der Waals surface area contributed by atoms with E-state index >= 15 is 0 Å². The number of hydrogen-bond acceptors (Lipinski definition) is 2. The van der Waals surface area contributed by atoms with Crippen LogP contribution in [0.25, 0.3) is 6.08 Å². The Morgan fingerprint density at radius 2 is 2.20 bits per heavy atom. The van der Waals surface area contributed by atoms with Crippen LogP contribution < -0.4 is 4.90 Å². The van der Waals surface area contributed by atoms with Gasteiger partial charge in [0.15, 0.2) is 0 Å². The van der Waals surface area contributed by atoms with Crippen molar-refractivity contribution in [3.63, 3.8) is 0 Å². The second kappa shape index (κ2) is 7.20. The van der Waals surface area contributed by atoms with Gasteiger partial charge in [0.1, 0.15) is 0 Å². The zero-order valence-corrected chi connectivity index (χ0v) is 12.0. The van der Waals surface area contributed by atoms with Gasteiger partial charge in [-0.15, -0.1) is 0 Å². The summed E-state index contributed by atoms with van der Waals surface area (Å²) in [6.07, 6.45) is 9.15. The molecule has 1 unspecified atom stereocenters. The van der Waals surface area contributed by atoms with Gasteiger partial charge in [0.05, 0.1) is 29.6 Å². The van der Waals surface area contributed by atoms with Crippen molar-refractivity contribution in [1.29, 1.82) is 0 Å². The van der Waals surface area contributed by atoms with Gasteiger partial charge in [-0.2, -0.15) is 0 Å². The van der Waals surface area contributed by atoms with Crippen molar-refractivity contribution in [2.24, 2.45) is 0 Å². The molecule has 4 heteroatoms. The molecule has 108 valence electrons. The van der Waals surface area contributed by atoms with Crippen molar-refractivity contribution in [2.45, 2.75) is 38.6 Å². The van der Waals surface area contributed by atoms with Crippen LogP contribution in [-0.4, -0.2) is 24.1 Å². The predicted octanol–water partition coefficient (Wildman–Crippen LogP) is 2.46. The fraction of sp³-hybridized carbons (Fsp3) is 0.500. The van der Waals surface area contributed by atoms with E-state index < -0.39 is 0 Å². The summed E-state index contributed by atoms with van der Waals surface area (Å²) in [4.78, 5) is 12.3. The second-order valence-electron chi connectivity index (χ2n) is 5.43. The Labute approximate surface area is 120 Å². The lowest BCUT2D eigenvalue weighted by atomic mass is 10.00. The molecule has 1 aliphatic heterocycles. The van der Waals surface area contributed by atoms with Gasteiger partial charge >= 0.3 is 0 Å². The van der Waals surface area contributed by atoms with Crippen molar-refractivity contribution >= 4 is 11.8 Å². The average Bonchev–Trinajstić information content (AvgIpc) is 2.48. The SMILES string of the molecule is CC[C@H]1CCCC[NH+]1C/C=C/c1ccccc1[N+](=O)[O-]. The Kier molecular flexibility index (Phi) is 5.30. The minimum absolute atomic E-state index is 0.185. The van der Waals surface area contributed by atoms with E-state index in [0.717, 1.165) is 12.6 Å². The van der Waals surface area contributed by atoms with Gasteiger partial charge in [-0.05, 0) is 43.9 Å². The first-order valence-corrected chi connectivity index (χ1v) is 7.47. The summed E-state index contributed by atoms with van der Waals surface area (Å²) in [6, 6.07) is 7.66. The number of benzene rings is 1. The molecule has 2 rings (SSSR count). The van der Waals surface area contributed by atoms with E-state index in [9.17, 15) is 10.1 Å². The van der Waals surface area contributed by atoms with Crippen LogP contribution in [0.1, 0.15) is 38.2 Å². The van der Waals surface area contributed by atoms with Gasteiger partial charge in [-0.25, -0.2) is 0 Å². The first-order chi connectivity index (χ1) is 9.72. The van der Waals surface area contributed by atoms with Gasteiger partial charge < -0.3 is 4.90 Å². The fourth-order valence-electron chi connectivity index (χ4n) is 3.04. The molecule has 0 radical (unpaired) electrons. The van der Waals surface area contributed by atoms with Crippen LogP contribution in [0.3, 0.4) is 0 Å². The molecule has 0 saturated carbocycles. The average molecular weight is 275 g/mol. The molecule has 1 saturated heterocycles. The van der Waals surface area contributed by atoms with Gasteiger partial charge in [0.2, 0.25) is 0 Å². The lowest BCUT2D eigenvalue weighted by Gasteiger charge is -2.31. The molecule has 0 bridgehead atoms. The van der Waals surface area contributed by atoms with Gasteiger partial charge in [0, 0.05) is 6.07 Å². The summed E-state index contributed by atoms with van der Waals surface area (Å²) < 4.78 is 0. The summed E-state index contributed by atoms with van der Waals surface area (Å²) in [5.74, 6) is 0. The molecule has 1 heterocycles. The number of quaternary nitrogens is 1. The van der Waals surface area contributed by atoms with E-state index in [1.807, 2.05) is 12.1 Å². The number of likely N-dealkylation sites (tertiary alicyclic amines) is 1. The zero-order chi connectivity index (χ0) is 14.4. The molecule has 4 nitrogen and oxygen atoms in total. The third kappa shape index (κ3) is 3.67. The van der Waals surface area contributed by atoms with Crippen molar-refractivity contribution < 1.29 is 9.82 Å². The highest BCUT2D eigenvalue weighted by molar-refractivity contribution is 5.60. The topological polar surface area (TPSA) is 47.6 Å². The molecule has 20 heavy (non-hydrogen) atoms. The van der Waals surface area contributed by atoms with Crippen LogP contribution in [0.5, 0.6) is 0 Å². The van der Waals surface area contributed by atoms with Crippen LogP contribution in [0.15, 0.2) is 30.3 Å². The summed E-state index contributed by atoms with van der Waals surface area (Å²) >= 11 is 0. The van der Waals surface area contributed by atoms with Crippen molar-refractivity contribution in [1.82, 2.24) is 0 Å². The van der Waals surface area contributed by atoms with E-state index in [4.69, 9.17) is 0 Å². The predicted molar refractivity (Wildman–Crippen MR) is 80.8 cm³/mol. The normalized spacial score (nSPS) is 23.1. The van der Waals surface area contributed by atoms with Crippen LogP contribution in [0.4, 0.5) is 5.69 Å². The number of hydrogen-bond donors (Lipinski definition) is 1. The maximum atomic E-state index is 11.0. The molecule has 2 atom stereocenters. The number of rotatable bonds is 5. The monoisotopic (exact) mass is 275 g/mol. The van der Waals surface area contributed by atoms with Crippen molar-refractivity contribution in [3.05, 3.63) is 46.0 Å². The highest BCUT2D eigenvalue weighted by atomic mass is 16.6. The quantitative estimate of drug-likeness (QED) is 0.663. The van der Waals surface area contributed by atoms with Gasteiger partial charge in [0.25, 0.3) is 5.69 Å². The molecular weight excluding hydrogens is 252 g/mol. The molecule has 0 spiro atoms. The Bertz CT molecular complexity index is 485. The number of nitro groups is 1. The summed E-state index contributed by atoms with van der Waals surface area (Å²) in [6.45, 7) is 4.44. The van der Waals surface area contributed by atoms with E-state index in [-0.39, 0.29) is 10.6 Å². The molecule has 1 aliphatic rings. The van der Waals surface area contributed by atoms with E-state index in [0.29, 0.717) is 5.56 Å². The van der Waals surface area contributed by atoms with Crippen molar-refractivity contribution in [3.8, 4) is 0 Å². The smallest absolute Gasteiger partial charge is 0.276 e. The molecule has 1 N–H and O–H groups in total. The van der Waals surface area contributed by atoms with Crippen LogP contribution >= 0.6 is 0 Å². The molecular formula is C16H23N2O2+. The Morgan fingerprint density at radius 1 is 1.40 bits per heavy atom. The molecule has 0 aliphatic carbocycles. The fourth-order valence-corrected chi connectivity index (χ4v) is 3.04. The lowest BCUT2D eigenvalue weighted by Crippen LogP contribution is -3.16. The lowest BCUT2D eigenvalue weighted by molar-refractivity contribution is -0.925. The number of nitrogens with zero attached hydrogens (tertiary/aromatic N) is 1. The number of para-hydroxylation sites is 1. The van der Waals surface area contributed by atoms with Gasteiger partial charge in [-0.1, -0.05) is 19.1 Å². The molecule has 0 amide bonds. The Morgan fingerprint density at radius 3 is 2.95 bits per heavy atom. The number of nitro benzene ring substituents is 1. The Balaban J connectivity index is 2.01. The van der Waals surface area contributed by atoms with E-state index in [1.165, 1.54) is 32.2 Å². The van der Waals surface area contributed by atoms with Crippen LogP contribution in [0, 0.1) is 10.1 Å². The van der Waals surface area contributed by atoms with Crippen molar-refractivity contribution in [2.75, 3.05) is 13.1 Å². The summed E-state index contributed by atoms with van der Waals surface area (Å²) in [7, 11) is 0. The van der Waals surface area contributed by atoms with Crippen LogP contribution in [-0.2, 0) is 0 Å². The molecule has 1 fully saturated rings. The van der Waals surface area contributed by atoms with E-state index in [2.05, 4.69) is 13.0 Å². The van der Waals surface area contributed by atoms with Crippen LogP contribution in [0.2, 0.25) is 0 Å². The summed E-state index contributed by atoms with van der Waals surface area (Å²) in [5.41, 5.74) is 0.881. The van der Waals surface area contributed by atoms with E-state index in [1.54, 1.807) is 23.1 Å². The zero-order valence-electron chi connectivity index (χ0n) is 12.0. The first kappa shape index (κ1) is 14.7. The minimum atomic E-state index is -0.317. The molecule has 0 aromatic heterocycles. The standard InChI is InChI=1S/C16H22N2O2/c1-2-15-10-5-6-12-17(15)13-7-9-14-8-3-4-11-16(14)18(19)20/h3-4,7-9,11,15H,2,5-6,10,12-13H2,1H3/p+1/b9-7+/t15-/m0/s1. The first-order valence-electron chi connectivity index (χ1n) is 7.47. The maximum absolute atomic E-state index is 11.0. The summed E-state index contributed by atoms with van der Waals surface area (Å²) in [5, 5.41) is 11.0. The largest absolute Gasteiger partial charge is 0.329 e. The highest BCUT2D eigenvalue weighted by Gasteiger charge is 2.22. The minimum Gasteiger partial charge on any atom is -0.329 e. The third-order valence-corrected chi connectivity index (χ3v) is 4.18. The van der Waals surface area contributed by atoms with Gasteiger partial charge in [-0.3, -0.25) is 10.1 Å². The third-order valence-electron chi connectivity index (χ3n) is 4.18. The Hall–Kier alpha value is -1.68. The number of nitrogens with one attached hydrogen (secondary N) is 1. The highest BCUT2D eigenvalue weighted by Crippen LogP contribution is 2.18. The molecule has 1 aromatic rings. The second-order valence-corrected chi connectivity index (χ2v) is 5.43. The maximum Gasteiger partial charge on any atom is 0.276 e.